The SMILES string of the molecule is COc1ccc(-c2cccc(C(C)=O)c2)c(F)c1. The van der Waals surface area contributed by atoms with Gasteiger partial charge in [-0.3, -0.25) is 4.79 Å². The van der Waals surface area contributed by atoms with E-state index >= 15 is 0 Å². The van der Waals surface area contributed by atoms with Crippen molar-refractivity contribution in [3.8, 4) is 16.9 Å². The van der Waals surface area contributed by atoms with Crippen LogP contribution in [0.1, 0.15) is 17.3 Å². The van der Waals surface area contributed by atoms with E-state index < -0.39 is 0 Å². The third-order valence-electron chi connectivity index (χ3n) is 2.76. The maximum absolute atomic E-state index is 13.9. The Morgan fingerprint density at radius 1 is 1.17 bits per heavy atom. The molecule has 0 N–H and O–H groups in total. The zero-order valence-electron chi connectivity index (χ0n) is 10.2. The van der Waals surface area contributed by atoms with Crippen LogP contribution in [-0.4, -0.2) is 12.9 Å². The highest BCUT2D eigenvalue weighted by atomic mass is 19.1. The fraction of sp³-hybridized carbons (Fsp3) is 0.133. The lowest BCUT2D eigenvalue weighted by molar-refractivity contribution is 0.101. The van der Waals surface area contributed by atoms with E-state index in [-0.39, 0.29) is 11.6 Å². The third-order valence-corrected chi connectivity index (χ3v) is 2.76. The smallest absolute Gasteiger partial charge is 0.159 e. The number of ketones is 1. The first-order valence-electron chi connectivity index (χ1n) is 5.56. The Morgan fingerprint density at radius 3 is 2.56 bits per heavy atom. The van der Waals surface area contributed by atoms with E-state index in [4.69, 9.17) is 4.74 Å². The van der Waals surface area contributed by atoms with Gasteiger partial charge in [0.2, 0.25) is 0 Å². The molecule has 0 saturated carbocycles. The lowest BCUT2D eigenvalue weighted by atomic mass is 10.0. The molecule has 0 amide bonds. The summed E-state index contributed by atoms with van der Waals surface area (Å²) in [5, 5.41) is 0. The topological polar surface area (TPSA) is 26.3 Å². The Morgan fingerprint density at radius 2 is 1.94 bits per heavy atom. The highest BCUT2D eigenvalue weighted by molar-refractivity contribution is 5.95. The molecule has 0 saturated heterocycles. The first-order chi connectivity index (χ1) is 8.61. The van der Waals surface area contributed by atoms with Crippen LogP contribution in [-0.2, 0) is 0 Å². The van der Waals surface area contributed by atoms with Gasteiger partial charge >= 0.3 is 0 Å². The summed E-state index contributed by atoms with van der Waals surface area (Å²) in [6, 6.07) is 11.6. The summed E-state index contributed by atoms with van der Waals surface area (Å²) in [6.07, 6.45) is 0. The minimum absolute atomic E-state index is 0.0363. The van der Waals surface area contributed by atoms with E-state index in [0.717, 1.165) is 0 Å². The van der Waals surface area contributed by atoms with Gasteiger partial charge in [0.25, 0.3) is 0 Å². The van der Waals surface area contributed by atoms with Crippen LogP contribution in [0.4, 0.5) is 4.39 Å². The average molecular weight is 244 g/mol. The van der Waals surface area contributed by atoms with Crippen molar-refractivity contribution in [2.45, 2.75) is 6.92 Å². The van der Waals surface area contributed by atoms with Crippen molar-refractivity contribution in [1.82, 2.24) is 0 Å². The predicted molar refractivity (Wildman–Crippen MR) is 68.4 cm³/mol. The summed E-state index contributed by atoms with van der Waals surface area (Å²) >= 11 is 0. The molecule has 0 aliphatic carbocycles. The van der Waals surface area contributed by atoms with Crippen LogP contribution in [0.5, 0.6) is 5.75 Å². The number of ether oxygens (including phenoxy) is 1. The molecule has 0 unspecified atom stereocenters. The van der Waals surface area contributed by atoms with Gasteiger partial charge in [-0.05, 0) is 30.7 Å². The number of halogens is 1. The normalized spacial score (nSPS) is 10.2. The predicted octanol–water partition coefficient (Wildman–Crippen LogP) is 3.70. The fourth-order valence-corrected chi connectivity index (χ4v) is 1.76. The van der Waals surface area contributed by atoms with Crippen LogP contribution in [0.15, 0.2) is 42.5 Å². The number of carbonyl (C=O) groups is 1. The summed E-state index contributed by atoms with van der Waals surface area (Å²) in [7, 11) is 1.49. The summed E-state index contributed by atoms with van der Waals surface area (Å²) in [4.78, 5) is 11.3. The maximum atomic E-state index is 13.9. The number of rotatable bonds is 3. The molecule has 0 heterocycles. The highest BCUT2D eigenvalue weighted by Crippen LogP contribution is 2.26. The highest BCUT2D eigenvalue weighted by Gasteiger charge is 2.08. The molecule has 2 nitrogen and oxygen atoms in total. The molecule has 0 radical (unpaired) electrons. The molecule has 0 bridgehead atoms. The fourth-order valence-electron chi connectivity index (χ4n) is 1.76. The Labute approximate surface area is 105 Å². The van der Waals surface area contributed by atoms with Gasteiger partial charge in [-0.25, -0.2) is 4.39 Å². The Hall–Kier alpha value is -2.16. The van der Waals surface area contributed by atoms with Crippen molar-refractivity contribution in [1.29, 1.82) is 0 Å². The molecule has 0 aliphatic rings. The van der Waals surface area contributed by atoms with E-state index in [1.165, 1.54) is 20.1 Å². The van der Waals surface area contributed by atoms with E-state index in [9.17, 15) is 9.18 Å². The van der Waals surface area contributed by atoms with Crippen LogP contribution >= 0.6 is 0 Å². The minimum Gasteiger partial charge on any atom is -0.497 e. The van der Waals surface area contributed by atoms with Crippen molar-refractivity contribution in [3.63, 3.8) is 0 Å². The summed E-state index contributed by atoms with van der Waals surface area (Å²) in [5.74, 6) is 0.0693. The van der Waals surface area contributed by atoms with Crippen molar-refractivity contribution in [3.05, 3.63) is 53.8 Å². The lowest BCUT2D eigenvalue weighted by Crippen LogP contribution is -1.93. The summed E-state index contributed by atoms with van der Waals surface area (Å²) in [6.45, 7) is 1.49. The Balaban J connectivity index is 2.48. The van der Waals surface area contributed by atoms with Crippen molar-refractivity contribution in [2.24, 2.45) is 0 Å². The monoisotopic (exact) mass is 244 g/mol. The second kappa shape index (κ2) is 5.00. The molecule has 92 valence electrons. The number of carbonyl (C=O) groups excluding carboxylic acids is 1. The van der Waals surface area contributed by atoms with Gasteiger partial charge in [0.1, 0.15) is 11.6 Å². The molecule has 2 aromatic carbocycles. The zero-order valence-corrected chi connectivity index (χ0v) is 10.2. The quantitative estimate of drug-likeness (QED) is 0.769. The van der Waals surface area contributed by atoms with E-state index in [0.29, 0.717) is 22.4 Å². The van der Waals surface area contributed by atoms with Crippen molar-refractivity contribution in [2.75, 3.05) is 7.11 Å². The number of hydrogen-bond acceptors (Lipinski definition) is 2. The number of Topliss-reactive ketones (excluding diaryl/α,β-unsaturated/α-hetero) is 1. The van der Waals surface area contributed by atoms with Gasteiger partial charge in [-0.1, -0.05) is 18.2 Å². The number of hydrogen-bond donors (Lipinski definition) is 0. The molecule has 2 aromatic rings. The van der Waals surface area contributed by atoms with Crippen LogP contribution in [0, 0.1) is 5.82 Å². The first kappa shape index (κ1) is 12.3. The Kier molecular flexibility index (Phi) is 3.42. The van der Waals surface area contributed by atoms with Crippen LogP contribution < -0.4 is 4.74 Å². The van der Waals surface area contributed by atoms with Gasteiger partial charge in [0, 0.05) is 17.2 Å². The van der Waals surface area contributed by atoms with E-state index in [2.05, 4.69) is 0 Å². The second-order valence-electron chi connectivity index (χ2n) is 3.98. The van der Waals surface area contributed by atoms with Crippen LogP contribution in [0.2, 0.25) is 0 Å². The van der Waals surface area contributed by atoms with Gasteiger partial charge in [-0.2, -0.15) is 0 Å². The van der Waals surface area contributed by atoms with Crippen LogP contribution in [0.25, 0.3) is 11.1 Å². The molecule has 0 aromatic heterocycles. The molecule has 3 heteroatoms. The molecule has 0 aliphatic heterocycles. The summed E-state index contributed by atoms with van der Waals surface area (Å²) in [5.41, 5.74) is 1.71. The first-order valence-corrected chi connectivity index (χ1v) is 5.56. The maximum Gasteiger partial charge on any atom is 0.159 e. The molecular weight excluding hydrogens is 231 g/mol. The summed E-state index contributed by atoms with van der Waals surface area (Å²) < 4.78 is 18.8. The molecule has 0 atom stereocenters. The van der Waals surface area contributed by atoms with Gasteiger partial charge in [0.05, 0.1) is 7.11 Å². The molecule has 2 rings (SSSR count). The van der Waals surface area contributed by atoms with Gasteiger partial charge in [-0.15, -0.1) is 0 Å². The molecule has 0 fully saturated rings. The van der Waals surface area contributed by atoms with Gasteiger partial charge < -0.3 is 4.74 Å². The minimum atomic E-state index is -0.366. The average Bonchev–Trinajstić information content (AvgIpc) is 2.38. The molecule has 18 heavy (non-hydrogen) atoms. The number of methoxy groups -OCH3 is 1. The largest absolute Gasteiger partial charge is 0.497 e. The zero-order chi connectivity index (χ0) is 13.1. The second-order valence-corrected chi connectivity index (χ2v) is 3.98. The number of benzene rings is 2. The molecule has 0 spiro atoms. The van der Waals surface area contributed by atoms with Crippen molar-refractivity contribution < 1.29 is 13.9 Å². The van der Waals surface area contributed by atoms with Gasteiger partial charge in [0.15, 0.2) is 5.78 Å². The standard InChI is InChI=1S/C15H13FO2/c1-10(17)11-4-3-5-12(8-11)14-7-6-13(18-2)9-15(14)16/h3-9H,1-2H3. The molecular formula is C15H13FO2. The van der Waals surface area contributed by atoms with Crippen molar-refractivity contribution >= 4 is 5.78 Å². The van der Waals surface area contributed by atoms with Crippen LogP contribution in [0.3, 0.4) is 0 Å². The van der Waals surface area contributed by atoms with E-state index in [1.807, 2.05) is 0 Å². The Bertz CT molecular complexity index is 591. The lowest BCUT2D eigenvalue weighted by Gasteiger charge is -2.07. The third kappa shape index (κ3) is 2.40. The van der Waals surface area contributed by atoms with E-state index in [1.54, 1.807) is 36.4 Å².